The molecule has 42 heavy (non-hydrogen) atoms. The Labute approximate surface area is 241 Å². The van der Waals surface area contributed by atoms with E-state index < -0.39 is 42.6 Å². The second-order valence-corrected chi connectivity index (χ2v) is 10.1. The Bertz CT molecular complexity index is 1240. The molecule has 0 saturated carbocycles. The summed E-state index contributed by atoms with van der Waals surface area (Å²) >= 11 is 0. The number of benzene rings is 2. The van der Waals surface area contributed by atoms with Gasteiger partial charge in [-0.15, -0.1) is 0 Å². The van der Waals surface area contributed by atoms with E-state index in [0.717, 1.165) is 12.1 Å². The van der Waals surface area contributed by atoms with Gasteiger partial charge in [-0.05, 0) is 41.9 Å². The van der Waals surface area contributed by atoms with Gasteiger partial charge in [0.05, 0.1) is 18.2 Å². The third-order valence-electron chi connectivity index (χ3n) is 6.75. The summed E-state index contributed by atoms with van der Waals surface area (Å²) < 4.78 is 39.3. The maximum atomic E-state index is 13.1. The van der Waals surface area contributed by atoms with E-state index in [1.165, 1.54) is 24.3 Å². The summed E-state index contributed by atoms with van der Waals surface area (Å²) in [4.78, 5) is 54.5. The lowest BCUT2D eigenvalue weighted by molar-refractivity contribution is -0.137. The van der Waals surface area contributed by atoms with Crippen molar-refractivity contribution in [2.24, 2.45) is 0 Å². The summed E-state index contributed by atoms with van der Waals surface area (Å²) in [5.41, 5.74) is 2.66. The van der Waals surface area contributed by atoms with Crippen LogP contribution >= 0.6 is 0 Å². The molecule has 2 aromatic rings. The van der Waals surface area contributed by atoms with E-state index in [1.54, 1.807) is 12.1 Å². The molecule has 1 aliphatic heterocycles. The van der Waals surface area contributed by atoms with Crippen molar-refractivity contribution in [1.29, 1.82) is 0 Å². The van der Waals surface area contributed by atoms with Gasteiger partial charge in [-0.25, -0.2) is 5.48 Å². The topological polar surface area (TPSA) is 154 Å². The highest BCUT2D eigenvalue weighted by atomic mass is 19.4. The van der Waals surface area contributed by atoms with Gasteiger partial charge in [0, 0.05) is 19.3 Å². The van der Waals surface area contributed by atoms with Gasteiger partial charge < -0.3 is 20.7 Å². The average Bonchev–Trinajstić information content (AvgIpc) is 3.38. The number of nitrogens with one attached hydrogen (secondary N) is 3. The molecule has 3 amide bonds. The van der Waals surface area contributed by atoms with Crippen molar-refractivity contribution in [3.63, 3.8) is 0 Å². The van der Waals surface area contributed by atoms with E-state index in [-0.39, 0.29) is 56.1 Å². The number of hydroxylamine groups is 1. The number of rotatable bonds is 15. The monoisotopic (exact) mass is 591 g/mol. The first-order valence-electron chi connectivity index (χ1n) is 13.6. The summed E-state index contributed by atoms with van der Waals surface area (Å²) in [6.07, 6.45) is -2.61. The number of halogens is 3. The molecule has 2 atom stereocenters. The molecule has 1 aliphatic rings. The number of ketones is 1. The second kappa shape index (κ2) is 15.5. The second-order valence-electron chi connectivity index (χ2n) is 10.1. The molecule has 0 aliphatic carbocycles. The molecular weight excluding hydrogens is 558 g/mol. The molecule has 0 spiro atoms. The predicted molar refractivity (Wildman–Crippen MR) is 146 cm³/mol. The van der Waals surface area contributed by atoms with Crippen molar-refractivity contribution < 1.29 is 47.2 Å². The highest BCUT2D eigenvalue weighted by molar-refractivity contribution is 6.58. The van der Waals surface area contributed by atoms with Crippen molar-refractivity contribution in [3.05, 3.63) is 65.2 Å². The summed E-state index contributed by atoms with van der Waals surface area (Å²) in [5, 5.41) is 23.4. The van der Waals surface area contributed by atoms with Crippen LogP contribution in [-0.4, -0.2) is 52.8 Å². The minimum Gasteiger partial charge on any atom is -0.423 e. The van der Waals surface area contributed by atoms with Crippen molar-refractivity contribution in [3.8, 4) is 0 Å². The number of unbranched alkanes of at least 4 members (excludes halogenated alkanes) is 2. The summed E-state index contributed by atoms with van der Waals surface area (Å²) in [5.74, 6) is -1.62. The van der Waals surface area contributed by atoms with Crippen LogP contribution in [0.4, 0.5) is 13.2 Å². The average molecular weight is 591 g/mol. The quantitative estimate of drug-likeness (QED) is 0.119. The summed E-state index contributed by atoms with van der Waals surface area (Å²) in [6.45, 7) is 0.0738. The van der Waals surface area contributed by atoms with E-state index in [9.17, 15) is 32.3 Å². The molecule has 0 bridgehead atoms. The Kier molecular flexibility index (Phi) is 12.1. The molecule has 5 N–H and O–H groups in total. The van der Waals surface area contributed by atoms with Crippen LogP contribution in [0.3, 0.4) is 0 Å². The number of Topliss-reactive ketones (excluding diaryl/α,β-unsaturated/α-hetero) is 1. The molecule has 0 radical (unpaired) electrons. The fraction of sp³-hybridized carbons (Fsp3) is 0.429. The third-order valence-corrected chi connectivity index (χ3v) is 6.75. The van der Waals surface area contributed by atoms with Crippen LogP contribution in [-0.2, 0) is 43.2 Å². The molecule has 14 heteroatoms. The standard InChI is InChI=1S/C28H33BF3N3O7/c30-28(31,32)20-6-4-5-19(15-20)16-24(36)22(34-27(39)23-13-14-25(37)33-23)7-2-1-3-8-26(38)35-42-17-18-9-11-21(12-10-18)29(40)41/h4-6,9-12,15,22-23,40-41H,1-3,7-8,13-14,16-17H2,(H,33,37)(H,34,39)(H,35,38)/t22-,23?/m0/s1. The zero-order valence-electron chi connectivity index (χ0n) is 22.8. The largest absolute Gasteiger partial charge is 0.488 e. The molecule has 226 valence electrons. The normalized spacial score (nSPS) is 15.5. The van der Waals surface area contributed by atoms with Gasteiger partial charge in [-0.2, -0.15) is 13.2 Å². The highest BCUT2D eigenvalue weighted by Crippen LogP contribution is 2.29. The first kappa shape index (κ1) is 32.8. The van der Waals surface area contributed by atoms with Gasteiger partial charge in [0.25, 0.3) is 0 Å². The van der Waals surface area contributed by atoms with Crippen LogP contribution in [0.2, 0.25) is 0 Å². The summed E-state index contributed by atoms with van der Waals surface area (Å²) in [6, 6.07) is 9.02. The summed E-state index contributed by atoms with van der Waals surface area (Å²) in [7, 11) is -1.57. The lowest BCUT2D eigenvalue weighted by atomic mass is 9.80. The fourth-order valence-electron chi connectivity index (χ4n) is 4.43. The van der Waals surface area contributed by atoms with E-state index in [1.807, 2.05) is 0 Å². The van der Waals surface area contributed by atoms with Gasteiger partial charge in [-0.1, -0.05) is 55.3 Å². The maximum Gasteiger partial charge on any atom is 0.488 e. The Hall–Kier alpha value is -3.75. The van der Waals surface area contributed by atoms with Gasteiger partial charge in [0.15, 0.2) is 5.78 Å². The molecule has 3 rings (SSSR count). The van der Waals surface area contributed by atoms with Crippen molar-refractivity contribution in [2.75, 3.05) is 0 Å². The van der Waals surface area contributed by atoms with Gasteiger partial charge in [-0.3, -0.25) is 24.0 Å². The number of alkyl halides is 3. The number of amides is 3. The lowest BCUT2D eigenvalue weighted by Gasteiger charge is -2.20. The Morgan fingerprint density at radius 1 is 1.05 bits per heavy atom. The van der Waals surface area contributed by atoms with E-state index in [4.69, 9.17) is 14.9 Å². The molecule has 10 nitrogen and oxygen atoms in total. The van der Waals surface area contributed by atoms with Crippen LogP contribution in [0.5, 0.6) is 0 Å². The SMILES string of the molecule is O=C(CCCCC[C@H](NC(=O)C1CCC(=O)N1)C(=O)Cc1cccc(C(F)(F)F)c1)NOCc1ccc(B(O)O)cc1. The van der Waals surface area contributed by atoms with Crippen molar-refractivity contribution >= 4 is 36.1 Å². The van der Waals surface area contributed by atoms with Crippen LogP contribution in [0.15, 0.2) is 48.5 Å². The zero-order chi connectivity index (χ0) is 30.7. The van der Waals surface area contributed by atoms with Crippen molar-refractivity contribution in [1.82, 2.24) is 16.1 Å². The predicted octanol–water partition coefficient (Wildman–Crippen LogP) is 1.46. The molecule has 0 aromatic heterocycles. The van der Waals surface area contributed by atoms with Crippen molar-refractivity contribution in [2.45, 2.75) is 76.2 Å². The lowest BCUT2D eigenvalue weighted by Crippen LogP contribution is -2.49. The van der Waals surface area contributed by atoms with Crippen LogP contribution in [0, 0.1) is 0 Å². The smallest absolute Gasteiger partial charge is 0.423 e. The molecule has 1 saturated heterocycles. The third kappa shape index (κ3) is 10.6. The molecule has 1 heterocycles. The Balaban J connectivity index is 1.46. The zero-order valence-corrected chi connectivity index (χ0v) is 22.8. The van der Waals surface area contributed by atoms with Crippen LogP contribution in [0.1, 0.15) is 61.6 Å². The molecule has 2 aromatic carbocycles. The first-order chi connectivity index (χ1) is 19.9. The number of hydrogen-bond acceptors (Lipinski definition) is 7. The van der Waals surface area contributed by atoms with Gasteiger partial charge in [0.2, 0.25) is 17.7 Å². The number of carbonyl (C=O) groups excluding carboxylic acids is 4. The molecular formula is C28H33BF3N3O7. The maximum absolute atomic E-state index is 13.1. The van der Waals surface area contributed by atoms with E-state index in [2.05, 4.69) is 16.1 Å². The van der Waals surface area contributed by atoms with Gasteiger partial charge >= 0.3 is 13.3 Å². The van der Waals surface area contributed by atoms with E-state index in [0.29, 0.717) is 30.3 Å². The molecule has 1 fully saturated rings. The Morgan fingerprint density at radius 2 is 1.79 bits per heavy atom. The fourth-order valence-corrected chi connectivity index (χ4v) is 4.43. The first-order valence-corrected chi connectivity index (χ1v) is 13.6. The number of carbonyl (C=O) groups is 4. The minimum atomic E-state index is -4.55. The minimum absolute atomic E-state index is 0.0738. The molecule has 1 unspecified atom stereocenters. The highest BCUT2D eigenvalue weighted by Gasteiger charge is 2.32. The van der Waals surface area contributed by atoms with E-state index >= 15 is 0 Å². The number of hydrogen-bond donors (Lipinski definition) is 5. The Morgan fingerprint density at radius 3 is 2.43 bits per heavy atom. The van der Waals surface area contributed by atoms with Crippen LogP contribution < -0.4 is 21.6 Å². The van der Waals surface area contributed by atoms with Crippen LogP contribution in [0.25, 0.3) is 0 Å². The van der Waals surface area contributed by atoms with Gasteiger partial charge in [0.1, 0.15) is 6.04 Å².